The van der Waals surface area contributed by atoms with Gasteiger partial charge in [0, 0.05) is 5.02 Å². The highest BCUT2D eigenvalue weighted by Crippen LogP contribution is 2.39. The highest BCUT2D eigenvalue weighted by atomic mass is 35.5. The van der Waals surface area contributed by atoms with E-state index in [-0.39, 0.29) is 6.04 Å². The van der Waals surface area contributed by atoms with Crippen molar-refractivity contribution in [2.45, 2.75) is 13.0 Å². The van der Waals surface area contributed by atoms with Crippen LogP contribution in [0.15, 0.2) is 59.7 Å². The van der Waals surface area contributed by atoms with Crippen LogP contribution in [-0.2, 0) is 4.79 Å². The number of aliphatic carboxylic acids is 1. The second kappa shape index (κ2) is 5.81. The summed E-state index contributed by atoms with van der Waals surface area (Å²) in [6.45, 7) is 1.75. The molecule has 3 rings (SSSR count). The van der Waals surface area contributed by atoms with Gasteiger partial charge in [0.1, 0.15) is 5.92 Å². The molecule has 0 saturated heterocycles. The van der Waals surface area contributed by atoms with Gasteiger partial charge in [-0.05, 0) is 36.8 Å². The first-order valence-corrected chi connectivity index (χ1v) is 7.33. The van der Waals surface area contributed by atoms with E-state index in [0.29, 0.717) is 10.7 Å². The molecule has 0 spiro atoms. The lowest BCUT2D eigenvalue weighted by atomic mass is 9.90. The van der Waals surface area contributed by atoms with Crippen LogP contribution in [0.4, 0.5) is 5.69 Å². The summed E-state index contributed by atoms with van der Waals surface area (Å²) < 4.78 is 0. The van der Waals surface area contributed by atoms with E-state index in [1.165, 1.54) is 0 Å². The van der Waals surface area contributed by atoms with E-state index in [1.807, 2.05) is 42.5 Å². The zero-order valence-electron chi connectivity index (χ0n) is 12.0. The molecule has 0 bridgehead atoms. The van der Waals surface area contributed by atoms with Crippen molar-refractivity contribution >= 4 is 29.0 Å². The van der Waals surface area contributed by atoms with Crippen LogP contribution >= 0.6 is 11.6 Å². The first-order valence-electron chi connectivity index (χ1n) is 6.95. The van der Waals surface area contributed by atoms with E-state index < -0.39 is 11.9 Å². The minimum atomic E-state index is -0.875. The van der Waals surface area contributed by atoms with Crippen LogP contribution in [-0.4, -0.2) is 16.8 Å². The number of halogens is 1. The fraction of sp³-hybridized carbons (Fsp3) is 0.176. The molecule has 1 N–H and O–H groups in total. The molecule has 0 saturated carbocycles. The Balaban J connectivity index is 2.08. The molecular formula is C17H15ClN2O2. The maximum Gasteiger partial charge on any atom is 0.314 e. The summed E-state index contributed by atoms with van der Waals surface area (Å²) >= 11 is 5.94. The van der Waals surface area contributed by atoms with E-state index in [1.54, 1.807) is 24.1 Å². The number of carboxylic acid groups (broad SMARTS) is 1. The quantitative estimate of drug-likeness (QED) is 0.932. The summed E-state index contributed by atoms with van der Waals surface area (Å²) in [4.78, 5) is 11.7. The van der Waals surface area contributed by atoms with Crippen molar-refractivity contribution in [3.63, 3.8) is 0 Å². The summed E-state index contributed by atoms with van der Waals surface area (Å²) in [6, 6.07) is 16.5. The van der Waals surface area contributed by atoms with E-state index in [4.69, 9.17) is 11.6 Å². The lowest BCUT2D eigenvalue weighted by Gasteiger charge is -2.26. The van der Waals surface area contributed by atoms with Crippen LogP contribution in [0, 0.1) is 5.92 Å². The summed E-state index contributed by atoms with van der Waals surface area (Å²) in [5.41, 5.74) is 2.34. The Kier molecular flexibility index (Phi) is 3.86. The van der Waals surface area contributed by atoms with Gasteiger partial charge in [0.15, 0.2) is 0 Å². The van der Waals surface area contributed by atoms with Gasteiger partial charge in [0.2, 0.25) is 0 Å². The van der Waals surface area contributed by atoms with Crippen LogP contribution in [0.25, 0.3) is 0 Å². The number of nitrogens with zero attached hydrogens (tertiary/aromatic N) is 2. The third kappa shape index (κ3) is 2.57. The number of hydrogen-bond donors (Lipinski definition) is 1. The van der Waals surface area contributed by atoms with Crippen molar-refractivity contribution in [2.75, 3.05) is 5.01 Å². The van der Waals surface area contributed by atoms with Crippen LogP contribution in [0.1, 0.15) is 18.5 Å². The molecule has 112 valence electrons. The van der Waals surface area contributed by atoms with Crippen molar-refractivity contribution < 1.29 is 9.90 Å². The molecule has 0 amide bonds. The Labute approximate surface area is 133 Å². The lowest BCUT2D eigenvalue weighted by molar-refractivity contribution is -0.139. The average Bonchev–Trinajstić information content (AvgIpc) is 2.86. The van der Waals surface area contributed by atoms with Crippen LogP contribution in [0.5, 0.6) is 0 Å². The van der Waals surface area contributed by atoms with E-state index >= 15 is 0 Å². The smallest absolute Gasteiger partial charge is 0.314 e. The number of hydrogen-bond acceptors (Lipinski definition) is 3. The Morgan fingerprint density at radius 1 is 1.14 bits per heavy atom. The topological polar surface area (TPSA) is 52.9 Å². The molecule has 4 nitrogen and oxygen atoms in total. The van der Waals surface area contributed by atoms with Crippen LogP contribution < -0.4 is 5.01 Å². The fourth-order valence-electron chi connectivity index (χ4n) is 2.77. The second-order valence-electron chi connectivity index (χ2n) is 5.23. The summed E-state index contributed by atoms with van der Waals surface area (Å²) in [5.74, 6) is -1.55. The molecule has 1 heterocycles. The van der Waals surface area contributed by atoms with Gasteiger partial charge < -0.3 is 5.11 Å². The Morgan fingerprint density at radius 3 is 2.36 bits per heavy atom. The third-order valence-electron chi connectivity index (χ3n) is 3.79. The molecule has 0 radical (unpaired) electrons. The fourth-order valence-corrected chi connectivity index (χ4v) is 2.90. The number of anilines is 1. The van der Waals surface area contributed by atoms with Gasteiger partial charge in [-0.25, -0.2) is 0 Å². The second-order valence-corrected chi connectivity index (χ2v) is 5.67. The largest absolute Gasteiger partial charge is 0.481 e. The molecular weight excluding hydrogens is 300 g/mol. The Bertz CT molecular complexity index is 713. The summed E-state index contributed by atoms with van der Waals surface area (Å²) in [6.07, 6.45) is 0. The van der Waals surface area contributed by atoms with E-state index in [9.17, 15) is 9.90 Å². The van der Waals surface area contributed by atoms with Gasteiger partial charge in [0.25, 0.3) is 0 Å². The number of hydrazone groups is 1. The number of para-hydroxylation sites is 1. The van der Waals surface area contributed by atoms with E-state index in [0.717, 1.165) is 11.3 Å². The van der Waals surface area contributed by atoms with Gasteiger partial charge in [-0.15, -0.1) is 0 Å². The predicted molar refractivity (Wildman–Crippen MR) is 87.3 cm³/mol. The standard InChI is InChI=1S/C17H15ClN2O2/c1-11-15(17(21)22)16(12-7-9-13(18)10-8-12)20(19-11)14-5-3-2-4-6-14/h2-10,15-16H,1H3,(H,21,22). The molecule has 22 heavy (non-hydrogen) atoms. The van der Waals surface area contributed by atoms with Gasteiger partial charge in [-0.3, -0.25) is 9.80 Å². The SMILES string of the molecule is CC1=NN(c2ccccc2)C(c2ccc(Cl)cc2)C1C(=O)O. The van der Waals surface area contributed by atoms with E-state index in [2.05, 4.69) is 5.10 Å². The average molecular weight is 315 g/mol. The molecule has 1 aliphatic rings. The zero-order chi connectivity index (χ0) is 15.7. The maximum atomic E-state index is 11.7. The minimum Gasteiger partial charge on any atom is -0.481 e. The van der Waals surface area contributed by atoms with Crippen LogP contribution in [0.3, 0.4) is 0 Å². The molecule has 1 aliphatic heterocycles. The molecule has 2 unspecified atom stereocenters. The van der Waals surface area contributed by atoms with Crippen molar-refractivity contribution in [1.82, 2.24) is 0 Å². The molecule has 0 aromatic heterocycles. The number of carbonyl (C=O) groups is 1. The molecule has 2 atom stereocenters. The van der Waals surface area contributed by atoms with Crippen LogP contribution in [0.2, 0.25) is 5.02 Å². The van der Waals surface area contributed by atoms with Gasteiger partial charge in [-0.1, -0.05) is 41.9 Å². The van der Waals surface area contributed by atoms with Crippen molar-refractivity contribution in [3.05, 3.63) is 65.2 Å². The maximum absolute atomic E-state index is 11.7. The zero-order valence-corrected chi connectivity index (χ0v) is 12.7. The monoisotopic (exact) mass is 314 g/mol. The molecule has 2 aromatic rings. The Hall–Kier alpha value is -2.33. The van der Waals surface area contributed by atoms with Crippen molar-refractivity contribution in [1.29, 1.82) is 0 Å². The third-order valence-corrected chi connectivity index (χ3v) is 4.05. The minimum absolute atomic E-state index is 0.378. The highest BCUT2D eigenvalue weighted by Gasteiger charge is 2.41. The predicted octanol–water partition coefficient (Wildman–Crippen LogP) is 3.98. The molecule has 2 aromatic carbocycles. The van der Waals surface area contributed by atoms with Gasteiger partial charge >= 0.3 is 5.97 Å². The van der Waals surface area contributed by atoms with Crippen molar-refractivity contribution in [2.24, 2.45) is 11.0 Å². The highest BCUT2D eigenvalue weighted by molar-refractivity contribution is 6.30. The normalized spacial score (nSPS) is 20.8. The number of carboxylic acids is 1. The lowest BCUT2D eigenvalue weighted by Crippen LogP contribution is -2.30. The summed E-state index contributed by atoms with van der Waals surface area (Å²) in [5, 5.41) is 16.5. The molecule has 0 aliphatic carbocycles. The first-order chi connectivity index (χ1) is 10.6. The summed E-state index contributed by atoms with van der Waals surface area (Å²) in [7, 11) is 0. The Morgan fingerprint density at radius 2 is 1.77 bits per heavy atom. The van der Waals surface area contributed by atoms with Gasteiger partial charge in [-0.2, -0.15) is 5.10 Å². The number of benzene rings is 2. The van der Waals surface area contributed by atoms with Crippen molar-refractivity contribution in [3.8, 4) is 0 Å². The molecule has 5 heteroatoms. The molecule has 0 fully saturated rings. The van der Waals surface area contributed by atoms with Gasteiger partial charge in [0.05, 0.1) is 17.4 Å². The number of rotatable bonds is 3. The first kappa shape index (κ1) is 14.6.